The highest BCUT2D eigenvalue weighted by atomic mass is 35.5. The largest absolute Gasteiger partial charge is 0.393 e. The Morgan fingerprint density at radius 2 is 2.18 bits per heavy atom. The number of rotatable bonds is 4. The lowest BCUT2D eigenvalue weighted by molar-refractivity contribution is 0.123. The lowest BCUT2D eigenvalue weighted by Crippen LogP contribution is -2.15. The zero-order valence-corrected chi connectivity index (χ0v) is 8.23. The number of hydrogen-bond donors (Lipinski definition) is 1. The second-order valence-electron chi connectivity index (χ2n) is 3.07. The van der Waals surface area contributed by atoms with E-state index in [2.05, 4.69) is 6.92 Å². The van der Waals surface area contributed by atoms with Crippen LogP contribution in [-0.2, 0) is 0 Å². The van der Waals surface area contributed by atoms with Gasteiger partial charge in [-0.3, -0.25) is 0 Å². The van der Waals surface area contributed by atoms with Gasteiger partial charge in [0.25, 0.3) is 0 Å². The molecule has 0 rings (SSSR count). The SMILES string of the molecule is CCC(CC(C)=CCl)C(C)O. The molecule has 1 nitrogen and oxygen atoms in total. The Labute approximate surface area is 74.1 Å². The average Bonchev–Trinajstić information content (AvgIpc) is 1.99. The molecule has 0 saturated carbocycles. The number of aliphatic hydroxyl groups excluding tert-OH is 1. The summed E-state index contributed by atoms with van der Waals surface area (Å²) in [5.41, 5.74) is 2.73. The van der Waals surface area contributed by atoms with E-state index in [-0.39, 0.29) is 6.10 Å². The molecule has 0 aromatic rings. The van der Waals surface area contributed by atoms with E-state index in [0.717, 1.165) is 18.4 Å². The van der Waals surface area contributed by atoms with Gasteiger partial charge in [0.2, 0.25) is 0 Å². The molecule has 0 radical (unpaired) electrons. The maximum Gasteiger partial charge on any atom is 0.0543 e. The summed E-state index contributed by atoms with van der Waals surface area (Å²) in [5, 5.41) is 9.29. The monoisotopic (exact) mass is 176 g/mol. The Balaban J connectivity index is 3.88. The van der Waals surface area contributed by atoms with Gasteiger partial charge in [-0.15, -0.1) is 0 Å². The molecule has 0 spiro atoms. The van der Waals surface area contributed by atoms with Crippen molar-refractivity contribution in [2.75, 3.05) is 0 Å². The van der Waals surface area contributed by atoms with Crippen molar-refractivity contribution in [1.29, 1.82) is 0 Å². The lowest BCUT2D eigenvalue weighted by Gasteiger charge is -2.17. The molecule has 0 aromatic heterocycles. The van der Waals surface area contributed by atoms with Gasteiger partial charge in [-0.05, 0) is 26.2 Å². The van der Waals surface area contributed by atoms with E-state index < -0.39 is 0 Å². The minimum absolute atomic E-state index is 0.230. The van der Waals surface area contributed by atoms with Crippen molar-refractivity contribution in [3.05, 3.63) is 11.1 Å². The normalized spacial score (nSPS) is 18.1. The summed E-state index contributed by atoms with van der Waals surface area (Å²) < 4.78 is 0. The van der Waals surface area contributed by atoms with Crippen LogP contribution >= 0.6 is 11.6 Å². The maximum absolute atomic E-state index is 9.29. The van der Waals surface area contributed by atoms with Gasteiger partial charge in [-0.25, -0.2) is 0 Å². The molecule has 0 bridgehead atoms. The topological polar surface area (TPSA) is 20.2 Å². The second kappa shape index (κ2) is 5.62. The lowest BCUT2D eigenvalue weighted by atomic mass is 9.94. The van der Waals surface area contributed by atoms with Gasteiger partial charge in [0.15, 0.2) is 0 Å². The van der Waals surface area contributed by atoms with Crippen LogP contribution in [0.25, 0.3) is 0 Å². The zero-order valence-electron chi connectivity index (χ0n) is 7.47. The minimum Gasteiger partial charge on any atom is -0.393 e. The molecule has 2 unspecified atom stereocenters. The summed E-state index contributed by atoms with van der Waals surface area (Å²) in [4.78, 5) is 0. The number of allylic oxidation sites excluding steroid dienone is 1. The van der Waals surface area contributed by atoms with Crippen LogP contribution in [0, 0.1) is 5.92 Å². The Hall–Kier alpha value is -0.0100. The second-order valence-corrected chi connectivity index (χ2v) is 3.29. The van der Waals surface area contributed by atoms with E-state index in [1.54, 1.807) is 5.54 Å². The molecule has 66 valence electrons. The van der Waals surface area contributed by atoms with Crippen LogP contribution in [0.3, 0.4) is 0 Å². The van der Waals surface area contributed by atoms with Crippen molar-refractivity contribution >= 4 is 11.6 Å². The molecule has 0 aliphatic carbocycles. The standard InChI is InChI=1S/C9H17ClO/c1-4-9(8(3)11)5-7(2)6-10/h6,8-9,11H,4-5H2,1-3H3. The van der Waals surface area contributed by atoms with Crippen LogP contribution in [0.1, 0.15) is 33.6 Å². The molecule has 0 aliphatic rings. The fraction of sp³-hybridized carbons (Fsp3) is 0.778. The smallest absolute Gasteiger partial charge is 0.0543 e. The first-order valence-electron chi connectivity index (χ1n) is 4.05. The highest BCUT2D eigenvalue weighted by Crippen LogP contribution is 2.18. The predicted molar refractivity (Wildman–Crippen MR) is 49.7 cm³/mol. The van der Waals surface area contributed by atoms with Crippen molar-refractivity contribution in [2.24, 2.45) is 5.92 Å². The van der Waals surface area contributed by atoms with Crippen molar-refractivity contribution in [3.63, 3.8) is 0 Å². The predicted octanol–water partition coefficient (Wildman–Crippen LogP) is 2.93. The van der Waals surface area contributed by atoms with Gasteiger partial charge in [-0.2, -0.15) is 0 Å². The van der Waals surface area contributed by atoms with Crippen LogP contribution in [0.4, 0.5) is 0 Å². The van der Waals surface area contributed by atoms with Gasteiger partial charge < -0.3 is 5.11 Å². The average molecular weight is 177 g/mol. The van der Waals surface area contributed by atoms with Crippen LogP contribution in [0.5, 0.6) is 0 Å². The number of halogens is 1. The molecular formula is C9H17ClO. The molecule has 0 heterocycles. The first-order chi connectivity index (χ1) is 5.11. The van der Waals surface area contributed by atoms with Crippen molar-refractivity contribution < 1.29 is 5.11 Å². The molecular weight excluding hydrogens is 160 g/mol. The molecule has 1 N–H and O–H groups in total. The minimum atomic E-state index is -0.230. The van der Waals surface area contributed by atoms with Gasteiger partial charge in [-0.1, -0.05) is 30.5 Å². The molecule has 11 heavy (non-hydrogen) atoms. The molecule has 0 saturated heterocycles. The summed E-state index contributed by atoms with van der Waals surface area (Å²) in [6.45, 7) is 5.90. The molecule has 0 aliphatic heterocycles. The third kappa shape index (κ3) is 4.44. The first kappa shape index (κ1) is 11.0. The van der Waals surface area contributed by atoms with Gasteiger partial charge in [0.05, 0.1) is 6.10 Å². The Kier molecular flexibility index (Phi) is 5.61. The van der Waals surface area contributed by atoms with Gasteiger partial charge in [0, 0.05) is 5.54 Å². The molecule has 0 amide bonds. The van der Waals surface area contributed by atoms with E-state index in [4.69, 9.17) is 11.6 Å². The van der Waals surface area contributed by atoms with Crippen molar-refractivity contribution in [3.8, 4) is 0 Å². The molecule has 0 aromatic carbocycles. The third-order valence-electron chi connectivity index (χ3n) is 1.98. The summed E-state index contributed by atoms with van der Waals surface area (Å²) in [5.74, 6) is 0.352. The Bertz CT molecular complexity index is 130. The van der Waals surface area contributed by atoms with Crippen LogP contribution in [0.2, 0.25) is 0 Å². The molecule has 2 heteroatoms. The summed E-state index contributed by atoms with van der Waals surface area (Å²) in [6, 6.07) is 0. The first-order valence-corrected chi connectivity index (χ1v) is 4.49. The molecule has 2 atom stereocenters. The summed E-state index contributed by atoms with van der Waals surface area (Å²) >= 11 is 5.51. The number of aliphatic hydroxyl groups is 1. The van der Waals surface area contributed by atoms with Crippen LogP contribution in [-0.4, -0.2) is 11.2 Å². The van der Waals surface area contributed by atoms with E-state index >= 15 is 0 Å². The Morgan fingerprint density at radius 3 is 2.45 bits per heavy atom. The van der Waals surface area contributed by atoms with Gasteiger partial charge in [0.1, 0.15) is 0 Å². The van der Waals surface area contributed by atoms with Crippen LogP contribution < -0.4 is 0 Å². The Morgan fingerprint density at radius 1 is 1.64 bits per heavy atom. The van der Waals surface area contributed by atoms with E-state index in [9.17, 15) is 5.11 Å². The molecule has 0 fully saturated rings. The van der Waals surface area contributed by atoms with E-state index in [1.165, 1.54) is 0 Å². The van der Waals surface area contributed by atoms with Crippen LogP contribution in [0.15, 0.2) is 11.1 Å². The van der Waals surface area contributed by atoms with E-state index in [0.29, 0.717) is 5.92 Å². The fourth-order valence-electron chi connectivity index (χ4n) is 1.11. The highest BCUT2D eigenvalue weighted by molar-refractivity contribution is 6.25. The quantitative estimate of drug-likeness (QED) is 0.699. The fourth-order valence-corrected chi connectivity index (χ4v) is 1.20. The maximum atomic E-state index is 9.29. The van der Waals surface area contributed by atoms with E-state index in [1.807, 2.05) is 13.8 Å². The zero-order chi connectivity index (χ0) is 8.85. The summed E-state index contributed by atoms with van der Waals surface area (Å²) in [7, 11) is 0. The van der Waals surface area contributed by atoms with Crippen molar-refractivity contribution in [2.45, 2.75) is 39.7 Å². The number of hydrogen-bond acceptors (Lipinski definition) is 1. The summed E-state index contributed by atoms with van der Waals surface area (Å²) in [6.07, 6.45) is 1.67. The van der Waals surface area contributed by atoms with Crippen molar-refractivity contribution in [1.82, 2.24) is 0 Å². The highest BCUT2D eigenvalue weighted by Gasteiger charge is 2.12. The third-order valence-corrected chi connectivity index (χ3v) is 2.35. The van der Waals surface area contributed by atoms with Gasteiger partial charge >= 0.3 is 0 Å².